The van der Waals surface area contributed by atoms with Crippen LogP contribution in [0.2, 0.25) is 5.02 Å². The Kier molecular flexibility index (Phi) is 7.98. The van der Waals surface area contributed by atoms with E-state index in [2.05, 4.69) is 36.1 Å². The summed E-state index contributed by atoms with van der Waals surface area (Å²) in [7, 11) is 0. The summed E-state index contributed by atoms with van der Waals surface area (Å²) in [6.07, 6.45) is 1.63. The van der Waals surface area contributed by atoms with Gasteiger partial charge in [0.05, 0.1) is 0 Å². The van der Waals surface area contributed by atoms with E-state index in [1.54, 1.807) is 12.3 Å². The number of nitrogens with one attached hydrogen (secondary N) is 1. The van der Waals surface area contributed by atoms with E-state index in [1.807, 2.05) is 26.0 Å². The third kappa shape index (κ3) is 6.10. The van der Waals surface area contributed by atoms with Crippen LogP contribution in [0, 0.1) is 13.8 Å². The van der Waals surface area contributed by atoms with E-state index in [-0.39, 0.29) is 12.5 Å². The number of anilines is 2. The van der Waals surface area contributed by atoms with Crippen molar-refractivity contribution in [1.82, 2.24) is 19.9 Å². The molecular weight excluding hydrogens is 523 g/mol. The van der Waals surface area contributed by atoms with Crippen LogP contribution in [0.15, 0.2) is 30.5 Å². The van der Waals surface area contributed by atoms with E-state index in [0.29, 0.717) is 22.1 Å². The number of rotatable bonds is 7. The number of hydrogen-bond donors (Lipinski definition) is 2. The topological polar surface area (TPSA) is 94.5 Å². The summed E-state index contributed by atoms with van der Waals surface area (Å²) in [6, 6.07) is 7.59. The first-order chi connectivity index (χ1) is 15.9. The number of carbonyl (C=O) groups excluding carboxylic acids is 1. The van der Waals surface area contributed by atoms with Crippen LogP contribution in [-0.2, 0) is 0 Å². The molecule has 1 saturated heterocycles. The second-order valence-electron chi connectivity index (χ2n) is 7.75. The molecule has 11 heteroatoms. The van der Waals surface area contributed by atoms with Gasteiger partial charge >= 0.3 is 209 Å². The summed E-state index contributed by atoms with van der Waals surface area (Å²) in [4.78, 5) is 31.6. The molecule has 0 spiro atoms. The molecule has 2 N–H and O–H groups in total. The Morgan fingerprint density at radius 1 is 1.24 bits per heavy atom. The number of benzene rings is 1. The molecule has 1 aromatic carbocycles. The second-order valence-corrected chi connectivity index (χ2v) is 12.5. The van der Waals surface area contributed by atoms with Gasteiger partial charge in [-0.3, -0.25) is 0 Å². The standard InChI is InChI=1S/C22H26AsClN6O2S/c1-14-4-3-5-16(24)20(14)28-21(32)17-13-25-22(33-17)23-18-12-19(27-15(2)26-18)30-8-6-29(7-9-30)10-11-31/h3-5,12-13,23,31H,6-11H2,1-2H3,(H,28,32). The molecule has 1 unspecified atom stereocenters. The van der Waals surface area contributed by atoms with Gasteiger partial charge < -0.3 is 0 Å². The van der Waals surface area contributed by atoms with E-state index in [0.717, 1.165) is 51.7 Å². The molecule has 174 valence electrons. The quantitative estimate of drug-likeness (QED) is 0.425. The maximum absolute atomic E-state index is 12.7. The summed E-state index contributed by atoms with van der Waals surface area (Å²) in [5.74, 6) is 1.48. The van der Waals surface area contributed by atoms with E-state index in [4.69, 9.17) is 16.7 Å². The summed E-state index contributed by atoms with van der Waals surface area (Å²) in [6.45, 7) is 8.28. The number of carbonyl (C=O) groups is 1. The molecule has 3 heterocycles. The number of amides is 1. The van der Waals surface area contributed by atoms with Gasteiger partial charge in [-0.1, -0.05) is 0 Å². The number of aliphatic hydroxyl groups excluding tert-OH is 1. The third-order valence-electron chi connectivity index (χ3n) is 5.36. The van der Waals surface area contributed by atoms with Crippen molar-refractivity contribution in [3.8, 4) is 0 Å². The number of aryl methyl sites for hydroxylation is 2. The SMILES string of the molecule is Cc1nc([AsH]c2ncc(C(=O)Nc3c(C)cccc3Cl)s2)cc(N2CCN(CCO)CC2)n1. The van der Waals surface area contributed by atoms with E-state index < -0.39 is 15.8 Å². The Balaban J connectivity index is 1.43. The Morgan fingerprint density at radius 3 is 2.76 bits per heavy atom. The number of piperazine rings is 1. The minimum absolute atomic E-state index is 0.188. The van der Waals surface area contributed by atoms with Crippen LogP contribution in [-0.4, -0.2) is 85.9 Å². The number of halogens is 1. The molecule has 0 saturated carbocycles. The molecular formula is C22H26AsClN6O2S. The molecule has 4 rings (SSSR count). The molecule has 2 aromatic heterocycles. The van der Waals surface area contributed by atoms with Gasteiger partial charge in [0.1, 0.15) is 0 Å². The zero-order valence-electron chi connectivity index (χ0n) is 18.5. The molecule has 1 atom stereocenters. The van der Waals surface area contributed by atoms with Gasteiger partial charge in [-0.2, -0.15) is 0 Å². The zero-order chi connectivity index (χ0) is 23.4. The van der Waals surface area contributed by atoms with E-state index in [1.165, 1.54) is 11.3 Å². The van der Waals surface area contributed by atoms with Crippen LogP contribution in [0.1, 0.15) is 21.1 Å². The van der Waals surface area contributed by atoms with Crippen LogP contribution in [0.25, 0.3) is 0 Å². The molecule has 1 aliphatic heterocycles. The Labute approximate surface area is 208 Å². The zero-order valence-corrected chi connectivity index (χ0v) is 22.2. The first-order valence-electron chi connectivity index (χ1n) is 10.7. The summed E-state index contributed by atoms with van der Waals surface area (Å²) >= 11 is 6.84. The average Bonchev–Trinajstić information content (AvgIpc) is 3.25. The van der Waals surface area contributed by atoms with Crippen molar-refractivity contribution < 1.29 is 9.90 Å². The number of aliphatic hydroxyl groups is 1. The average molecular weight is 549 g/mol. The maximum atomic E-state index is 12.7. The predicted molar refractivity (Wildman–Crippen MR) is 135 cm³/mol. The number of para-hydroxylation sites is 1. The Bertz CT molecular complexity index is 1120. The van der Waals surface area contributed by atoms with Crippen molar-refractivity contribution in [1.29, 1.82) is 0 Å². The van der Waals surface area contributed by atoms with Crippen molar-refractivity contribution in [3.05, 3.63) is 51.7 Å². The molecule has 1 fully saturated rings. The van der Waals surface area contributed by atoms with Gasteiger partial charge in [0.2, 0.25) is 0 Å². The molecule has 1 aliphatic rings. The van der Waals surface area contributed by atoms with Crippen LogP contribution < -0.4 is 18.5 Å². The molecule has 0 bridgehead atoms. The second kappa shape index (κ2) is 10.9. The van der Waals surface area contributed by atoms with Crippen molar-refractivity contribution >= 4 is 64.4 Å². The molecule has 0 radical (unpaired) electrons. The van der Waals surface area contributed by atoms with Gasteiger partial charge in [-0.05, 0) is 0 Å². The van der Waals surface area contributed by atoms with Gasteiger partial charge in [-0.25, -0.2) is 0 Å². The fraction of sp³-hybridized carbons (Fsp3) is 0.364. The van der Waals surface area contributed by atoms with Gasteiger partial charge in [0.15, 0.2) is 0 Å². The first-order valence-corrected chi connectivity index (χ1v) is 14.0. The summed E-state index contributed by atoms with van der Waals surface area (Å²) in [5, 5.41) is 12.6. The number of nitrogens with zero attached hydrogens (tertiary/aromatic N) is 5. The Morgan fingerprint density at radius 2 is 2.03 bits per heavy atom. The molecule has 0 aliphatic carbocycles. The first kappa shape index (κ1) is 24.1. The monoisotopic (exact) mass is 548 g/mol. The minimum atomic E-state index is -0.800. The summed E-state index contributed by atoms with van der Waals surface area (Å²) in [5.41, 5.74) is 1.54. The van der Waals surface area contributed by atoms with Crippen molar-refractivity contribution in [2.45, 2.75) is 13.8 Å². The normalized spacial score (nSPS) is 14.8. The van der Waals surface area contributed by atoms with Gasteiger partial charge in [-0.15, -0.1) is 0 Å². The van der Waals surface area contributed by atoms with Crippen molar-refractivity contribution in [2.24, 2.45) is 0 Å². The number of β-amino-alcohol motifs (C(OH)–C–C–N with tert-alkyl or cyclic N) is 1. The van der Waals surface area contributed by atoms with Crippen molar-refractivity contribution in [2.75, 3.05) is 49.5 Å². The van der Waals surface area contributed by atoms with Crippen LogP contribution in [0.3, 0.4) is 0 Å². The van der Waals surface area contributed by atoms with Gasteiger partial charge in [0.25, 0.3) is 0 Å². The number of hydrogen-bond acceptors (Lipinski definition) is 8. The molecule has 33 heavy (non-hydrogen) atoms. The fourth-order valence-corrected chi connectivity index (χ4v) is 7.68. The van der Waals surface area contributed by atoms with E-state index in [9.17, 15) is 4.79 Å². The third-order valence-corrected chi connectivity index (χ3v) is 9.45. The Hall–Kier alpha value is -2.03. The fourth-order valence-electron chi connectivity index (χ4n) is 3.63. The van der Waals surface area contributed by atoms with Crippen molar-refractivity contribution in [3.63, 3.8) is 0 Å². The van der Waals surface area contributed by atoms with Crippen LogP contribution in [0.5, 0.6) is 0 Å². The van der Waals surface area contributed by atoms with Crippen LogP contribution >= 0.6 is 22.9 Å². The predicted octanol–water partition coefficient (Wildman–Crippen LogP) is 0.957. The van der Waals surface area contributed by atoms with E-state index >= 15 is 0 Å². The summed E-state index contributed by atoms with van der Waals surface area (Å²) < 4.78 is 1.94. The molecule has 3 aromatic rings. The molecule has 8 nitrogen and oxygen atoms in total. The van der Waals surface area contributed by atoms with Gasteiger partial charge in [0, 0.05) is 0 Å². The van der Waals surface area contributed by atoms with Crippen LogP contribution in [0.4, 0.5) is 11.5 Å². The molecule has 1 amide bonds. The number of thiazole rings is 1. The number of aromatic nitrogens is 3.